The zero-order valence-corrected chi connectivity index (χ0v) is 11.1. The highest BCUT2D eigenvalue weighted by atomic mass is 16.4. The molecule has 0 atom stereocenters. The number of carbonyl (C=O) groups excluding carboxylic acids is 2. The zero-order valence-electron chi connectivity index (χ0n) is 11.1. The third kappa shape index (κ3) is 6.07. The van der Waals surface area contributed by atoms with Gasteiger partial charge in [-0.05, 0) is 13.3 Å². The van der Waals surface area contributed by atoms with Crippen molar-refractivity contribution in [2.45, 2.75) is 19.8 Å². The number of carboxylic acids is 1. The number of carboxylic acid groups (broad SMARTS) is 1. The Hall–Kier alpha value is -1.79. The number of nitrogens with zero attached hydrogens (tertiary/aromatic N) is 2. The molecule has 0 unspecified atom stereocenters. The standard InChI is InChI=1S/C11H21N3O4/c1-4-14(8-9(15)12-2)11(18)13(3)7-5-6-10(16)17/h4-8H2,1-3H3,(H,12,15)(H,16,17). The molecule has 0 saturated carbocycles. The first kappa shape index (κ1) is 16.2. The summed E-state index contributed by atoms with van der Waals surface area (Å²) < 4.78 is 0. The highest BCUT2D eigenvalue weighted by molar-refractivity contribution is 5.83. The van der Waals surface area contributed by atoms with Crippen molar-refractivity contribution in [3.63, 3.8) is 0 Å². The topological polar surface area (TPSA) is 90.0 Å². The molecule has 0 saturated heterocycles. The summed E-state index contributed by atoms with van der Waals surface area (Å²) >= 11 is 0. The Labute approximate surface area is 107 Å². The van der Waals surface area contributed by atoms with E-state index in [1.807, 2.05) is 0 Å². The van der Waals surface area contributed by atoms with Gasteiger partial charge in [0.2, 0.25) is 5.91 Å². The minimum atomic E-state index is -0.881. The number of rotatable bonds is 7. The van der Waals surface area contributed by atoms with Crippen LogP contribution in [-0.2, 0) is 9.59 Å². The van der Waals surface area contributed by atoms with Crippen LogP contribution in [0.15, 0.2) is 0 Å². The van der Waals surface area contributed by atoms with Crippen molar-refractivity contribution in [3.05, 3.63) is 0 Å². The molecular formula is C11H21N3O4. The van der Waals surface area contributed by atoms with Crippen LogP contribution in [0.3, 0.4) is 0 Å². The van der Waals surface area contributed by atoms with Gasteiger partial charge in [-0.15, -0.1) is 0 Å². The molecule has 7 nitrogen and oxygen atoms in total. The van der Waals surface area contributed by atoms with Crippen LogP contribution in [0.25, 0.3) is 0 Å². The fraction of sp³-hybridized carbons (Fsp3) is 0.727. The number of hydrogen-bond donors (Lipinski definition) is 2. The maximum atomic E-state index is 11.9. The van der Waals surface area contributed by atoms with E-state index in [0.29, 0.717) is 19.5 Å². The van der Waals surface area contributed by atoms with E-state index in [9.17, 15) is 14.4 Å². The van der Waals surface area contributed by atoms with Crippen LogP contribution in [0.4, 0.5) is 4.79 Å². The SMILES string of the molecule is CCN(CC(=O)NC)C(=O)N(C)CCCC(=O)O. The Kier molecular flexibility index (Phi) is 7.50. The number of aliphatic carboxylic acids is 1. The number of urea groups is 1. The van der Waals surface area contributed by atoms with E-state index in [1.54, 1.807) is 14.0 Å². The highest BCUT2D eigenvalue weighted by Crippen LogP contribution is 2.00. The Balaban J connectivity index is 4.22. The van der Waals surface area contributed by atoms with Gasteiger partial charge in [0.1, 0.15) is 6.54 Å². The third-order valence-corrected chi connectivity index (χ3v) is 2.48. The van der Waals surface area contributed by atoms with Crippen LogP contribution in [0.5, 0.6) is 0 Å². The van der Waals surface area contributed by atoms with Crippen LogP contribution < -0.4 is 5.32 Å². The Morgan fingerprint density at radius 1 is 1.28 bits per heavy atom. The van der Waals surface area contributed by atoms with Gasteiger partial charge in [-0.1, -0.05) is 0 Å². The van der Waals surface area contributed by atoms with E-state index in [2.05, 4.69) is 5.32 Å². The summed E-state index contributed by atoms with van der Waals surface area (Å²) in [7, 11) is 3.11. The van der Waals surface area contributed by atoms with Crippen LogP contribution >= 0.6 is 0 Å². The molecule has 0 spiro atoms. The minimum absolute atomic E-state index is 0.00903. The fourth-order valence-electron chi connectivity index (χ4n) is 1.37. The predicted octanol–water partition coefficient (Wildman–Crippen LogP) is -0.0291. The number of carbonyl (C=O) groups is 3. The molecule has 18 heavy (non-hydrogen) atoms. The van der Waals surface area contributed by atoms with E-state index < -0.39 is 5.97 Å². The highest BCUT2D eigenvalue weighted by Gasteiger charge is 2.18. The summed E-state index contributed by atoms with van der Waals surface area (Å²) in [4.78, 5) is 36.3. The molecule has 7 heteroatoms. The first-order chi connectivity index (χ1) is 8.42. The molecule has 0 aliphatic heterocycles. The minimum Gasteiger partial charge on any atom is -0.481 e. The molecule has 0 aliphatic rings. The average Bonchev–Trinajstić information content (AvgIpc) is 2.34. The summed E-state index contributed by atoms with van der Waals surface area (Å²) in [6.45, 7) is 2.58. The van der Waals surface area contributed by atoms with Crippen molar-refractivity contribution in [2.75, 3.05) is 33.7 Å². The van der Waals surface area contributed by atoms with Crippen LogP contribution in [0, 0.1) is 0 Å². The van der Waals surface area contributed by atoms with E-state index >= 15 is 0 Å². The number of likely N-dealkylation sites (N-methyl/N-ethyl adjacent to an activating group) is 2. The molecule has 0 aliphatic carbocycles. The van der Waals surface area contributed by atoms with Gasteiger partial charge in [-0.25, -0.2) is 4.79 Å². The second kappa shape index (κ2) is 8.32. The normalized spacial score (nSPS) is 9.72. The summed E-state index contributed by atoms with van der Waals surface area (Å²) in [6.07, 6.45) is 0.425. The first-order valence-electron chi connectivity index (χ1n) is 5.84. The molecule has 0 rings (SSSR count). The molecule has 0 aromatic rings. The summed E-state index contributed by atoms with van der Waals surface area (Å²) in [5, 5.41) is 11.0. The Morgan fingerprint density at radius 3 is 2.33 bits per heavy atom. The van der Waals surface area contributed by atoms with Crippen molar-refractivity contribution in [3.8, 4) is 0 Å². The zero-order chi connectivity index (χ0) is 14.1. The van der Waals surface area contributed by atoms with Crippen LogP contribution in [0.2, 0.25) is 0 Å². The number of nitrogens with one attached hydrogen (secondary N) is 1. The second-order valence-corrected chi connectivity index (χ2v) is 3.89. The smallest absolute Gasteiger partial charge is 0.320 e. The van der Waals surface area contributed by atoms with Crippen molar-refractivity contribution in [2.24, 2.45) is 0 Å². The van der Waals surface area contributed by atoms with Crippen LogP contribution in [-0.4, -0.2) is 66.5 Å². The first-order valence-corrected chi connectivity index (χ1v) is 5.84. The van der Waals surface area contributed by atoms with Gasteiger partial charge in [0.15, 0.2) is 0 Å². The number of amides is 3. The van der Waals surface area contributed by atoms with Gasteiger partial charge >= 0.3 is 12.0 Å². The van der Waals surface area contributed by atoms with Gasteiger partial charge in [0, 0.05) is 33.6 Å². The van der Waals surface area contributed by atoms with Crippen molar-refractivity contribution >= 4 is 17.9 Å². The third-order valence-electron chi connectivity index (χ3n) is 2.48. The van der Waals surface area contributed by atoms with Crippen molar-refractivity contribution in [1.29, 1.82) is 0 Å². The monoisotopic (exact) mass is 259 g/mol. The lowest BCUT2D eigenvalue weighted by molar-refractivity contribution is -0.137. The quantitative estimate of drug-likeness (QED) is 0.672. The van der Waals surface area contributed by atoms with Gasteiger partial charge in [-0.2, -0.15) is 0 Å². The molecule has 3 amide bonds. The number of hydrogen-bond acceptors (Lipinski definition) is 3. The maximum Gasteiger partial charge on any atom is 0.320 e. The van der Waals surface area contributed by atoms with Crippen molar-refractivity contribution in [1.82, 2.24) is 15.1 Å². The maximum absolute atomic E-state index is 11.9. The van der Waals surface area contributed by atoms with Gasteiger partial charge in [-0.3, -0.25) is 9.59 Å². The summed E-state index contributed by atoms with van der Waals surface area (Å²) in [5.41, 5.74) is 0. The van der Waals surface area contributed by atoms with Crippen LogP contribution in [0.1, 0.15) is 19.8 Å². The molecule has 0 bridgehead atoms. The fourth-order valence-corrected chi connectivity index (χ4v) is 1.37. The summed E-state index contributed by atoms with van der Waals surface area (Å²) in [5.74, 6) is -1.11. The molecule has 0 aromatic heterocycles. The molecule has 0 aromatic carbocycles. The average molecular weight is 259 g/mol. The molecule has 0 heterocycles. The lowest BCUT2D eigenvalue weighted by Gasteiger charge is -2.26. The second-order valence-electron chi connectivity index (χ2n) is 3.89. The lowest BCUT2D eigenvalue weighted by atomic mass is 10.3. The van der Waals surface area contributed by atoms with E-state index in [1.165, 1.54) is 16.8 Å². The molecule has 0 radical (unpaired) electrons. The van der Waals surface area contributed by atoms with E-state index in [0.717, 1.165) is 0 Å². The summed E-state index contributed by atoms with van der Waals surface area (Å²) in [6, 6.07) is -0.272. The molecular weight excluding hydrogens is 238 g/mol. The predicted molar refractivity (Wildman–Crippen MR) is 66.2 cm³/mol. The Morgan fingerprint density at radius 2 is 1.89 bits per heavy atom. The molecule has 104 valence electrons. The van der Waals surface area contributed by atoms with E-state index in [-0.39, 0.29) is 24.9 Å². The Bertz CT molecular complexity index is 307. The van der Waals surface area contributed by atoms with E-state index in [4.69, 9.17) is 5.11 Å². The van der Waals surface area contributed by atoms with Gasteiger partial charge in [0.05, 0.1) is 0 Å². The van der Waals surface area contributed by atoms with Crippen molar-refractivity contribution < 1.29 is 19.5 Å². The van der Waals surface area contributed by atoms with Gasteiger partial charge < -0.3 is 20.2 Å². The molecule has 0 fully saturated rings. The largest absolute Gasteiger partial charge is 0.481 e. The van der Waals surface area contributed by atoms with Gasteiger partial charge in [0.25, 0.3) is 0 Å². The molecule has 2 N–H and O–H groups in total. The lowest BCUT2D eigenvalue weighted by Crippen LogP contribution is -2.45.